The molecule has 4 rings (SSSR count). The molecule has 0 fully saturated rings. The van der Waals surface area contributed by atoms with E-state index in [9.17, 15) is 15.2 Å². The van der Waals surface area contributed by atoms with Crippen molar-refractivity contribution in [2.75, 3.05) is 13.2 Å². The Morgan fingerprint density at radius 3 is 2.48 bits per heavy atom. The smallest absolute Gasteiger partial charge is 0.269 e. The number of fused-ring (bicyclic) bond motifs is 1. The Hall–Kier alpha value is -3.22. The molecule has 0 saturated heterocycles. The van der Waals surface area contributed by atoms with Gasteiger partial charge in [-0.15, -0.1) is 0 Å². The Balaban J connectivity index is 1.50. The van der Waals surface area contributed by atoms with E-state index < -0.39 is 6.10 Å². The minimum absolute atomic E-state index is 0.139. The topological polar surface area (TPSA) is 75.8 Å². The van der Waals surface area contributed by atoms with Gasteiger partial charge in [0.2, 0.25) is 0 Å². The molecule has 0 aromatic heterocycles. The van der Waals surface area contributed by atoms with Gasteiger partial charge in [0.25, 0.3) is 5.69 Å². The normalized spacial score (nSPS) is 16.6. The lowest BCUT2D eigenvalue weighted by atomic mass is 9.99. The molecule has 0 aliphatic heterocycles. The highest BCUT2D eigenvalue weighted by atomic mass is 16.6. The molecule has 0 spiro atoms. The molecule has 1 aliphatic carbocycles. The molecule has 0 amide bonds. The Bertz CT molecular complexity index is 1040. The Morgan fingerprint density at radius 2 is 1.76 bits per heavy atom. The molecule has 172 valence electrons. The summed E-state index contributed by atoms with van der Waals surface area (Å²) in [6.07, 6.45) is 2.99. The van der Waals surface area contributed by atoms with Crippen LogP contribution in [0.25, 0.3) is 0 Å². The summed E-state index contributed by atoms with van der Waals surface area (Å²) in [5.41, 5.74) is 3.55. The monoisotopic (exact) mass is 446 g/mol. The van der Waals surface area contributed by atoms with E-state index in [-0.39, 0.29) is 23.3 Å². The van der Waals surface area contributed by atoms with E-state index in [1.807, 2.05) is 54.6 Å². The zero-order valence-corrected chi connectivity index (χ0v) is 18.7. The first kappa shape index (κ1) is 23.0. The van der Waals surface area contributed by atoms with Gasteiger partial charge in [0, 0.05) is 31.3 Å². The number of aryl methyl sites for hydroxylation is 1. The second-order valence-corrected chi connectivity index (χ2v) is 8.65. The molecule has 6 nitrogen and oxygen atoms in total. The summed E-state index contributed by atoms with van der Waals surface area (Å²) in [5.74, 6) is 0.738. The lowest BCUT2D eigenvalue weighted by molar-refractivity contribution is -0.384. The fraction of sp³-hybridized carbons (Fsp3) is 0.333. The van der Waals surface area contributed by atoms with Crippen LogP contribution < -0.4 is 4.74 Å². The maximum Gasteiger partial charge on any atom is 0.269 e. The predicted octanol–water partition coefficient (Wildman–Crippen LogP) is 4.78. The molecular weight excluding hydrogens is 416 g/mol. The average molecular weight is 447 g/mol. The van der Waals surface area contributed by atoms with Gasteiger partial charge in [0.15, 0.2) is 0 Å². The standard InChI is InChI=1S/C27H30N2O4/c30-26(20-33-27-12-5-2-6-13-27)19-28(18-21-8-3-1-4-9-21)24-11-7-10-22-14-15-25(29(31)32)17-23(22)16-24/h1-6,8-9,12-15,17,24,26,30H,7,10-11,16,18-20H2/t24?,26-/m0/s1. The number of aliphatic hydroxyl groups is 1. The van der Waals surface area contributed by atoms with Gasteiger partial charge in [-0.05, 0) is 54.5 Å². The summed E-state index contributed by atoms with van der Waals surface area (Å²) in [5, 5.41) is 22.1. The van der Waals surface area contributed by atoms with Crippen molar-refractivity contribution in [1.82, 2.24) is 4.90 Å². The van der Waals surface area contributed by atoms with Crippen molar-refractivity contribution in [3.05, 3.63) is 106 Å². The van der Waals surface area contributed by atoms with Crippen LogP contribution in [0.3, 0.4) is 0 Å². The summed E-state index contributed by atoms with van der Waals surface area (Å²) < 4.78 is 5.78. The fourth-order valence-corrected chi connectivity index (χ4v) is 4.55. The number of nitrogens with zero attached hydrogens (tertiary/aromatic N) is 2. The Morgan fingerprint density at radius 1 is 1.03 bits per heavy atom. The number of aliphatic hydroxyl groups excluding tert-OH is 1. The van der Waals surface area contributed by atoms with Gasteiger partial charge in [-0.2, -0.15) is 0 Å². The van der Waals surface area contributed by atoms with Crippen LogP contribution in [0.1, 0.15) is 29.5 Å². The molecule has 0 saturated carbocycles. The molecule has 33 heavy (non-hydrogen) atoms. The van der Waals surface area contributed by atoms with E-state index >= 15 is 0 Å². The van der Waals surface area contributed by atoms with Gasteiger partial charge in [-0.3, -0.25) is 15.0 Å². The number of ether oxygens (including phenoxy) is 1. The Kier molecular flexibility index (Phi) is 7.70. The van der Waals surface area contributed by atoms with E-state index in [0.29, 0.717) is 13.1 Å². The van der Waals surface area contributed by atoms with Crippen LogP contribution >= 0.6 is 0 Å². The van der Waals surface area contributed by atoms with Crippen LogP contribution in [0.5, 0.6) is 5.75 Å². The number of hydrogen-bond donors (Lipinski definition) is 1. The summed E-state index contributed by atoms with van der Waals surface area (Å²) in [6, 6.07) is 25.1. The van der Waals surface area contributed by atoms with Gasteiger partial charge in [0.05, 0.1) is 4.92 Å². The zero-order valence-electron chi connectivity index (χ0n) is 18.7. The van der Waals surface area contributed by atoms with Gasteiger partial charge < -0.3 is 9.84 Å². The highest BCUT2D eigenvalue weighted by molar-refractivity contribution is 5.41. The number of para-hydroxylation sites is 1. The fourth-order valence-electron chi connectivity index (χ4n) is 4.55. The van der Waals surface area contributed by atoms with Crippen molar-refractivity contribution < 1.29 is 14.8 Å². The molecule has 0 bridgehead atoms. The predicted molar refractivity (Wildman–Crippen MR) is 128 cm³/mol. The third-order valence-corrected chi connectivity index (χ3v) is 6.22. The maximum atomic E-state index is 11.3. The van der Waals surface area contributed by atoms with Crippen LogP contribution in [-0.2, 0) is 19.4 Å². The molecule has 3 aromatic carbocycles. The van der Waals surface area contributed by atoms with Gasteiger partial charge >= 0.3 is 0 Å². The quantitative estimate of drug-likeness (QED) is 0.291. The minimum atomic E-state index is -0.651. The van der Waals surface area contributed by atoms with Crippen molar-refractivity contribution in [2.24, 2.45) is 0 Å². The summed E-state index contributed by atoms with van der Waals surface area (Å²) in [6.45, 7) is 1.39. The largest absolute Gasteiger partial charge is 0.491 e. The van der Waals surface area contributed by atoms with Crippen LogP contribution in [0, 0.1) is 10.1 Å². The molecular formula is C27H30N2O4. The van der Waals surface area contributed by atoms with E-state index in [1.165, 1.54) is 11.1 Å². The van der Waals surface area contributed by atoms with Gasteiger partial charge in [-0.25, -0.2) is 0 Å². The number of non-ortho nitro benzene ring substituents is 1. The first-order valence-electron chi connectivity index (χ1n) is 11.5. The van der Waals surface area contributed by atoms with Crippen molar-refractivity contribution in [3.63, 3.8) is 0 Å². The second-order valence-electron chi connectivity index (χ2n) is 8.65. The SMILES string of the molecule is O=[N+]([O-])c1ccc2c(c1)CC(N(Cc1ccccc1)C[C@H](O)COc1ccccc1)CCC2. The average Bonchev–Trinajstić information content (AvgIpc) is 3.05. The number of rotatable bonds is 9. The first-order valence-corrected chi connectivity index (χ1v) is 11.5. The van der Waals surface area contributed by atoms with Crippen LogP contribution in [-0.4, -0.2) is 40.2 Å². The Labute approximate surface area is 194 Å². The van der Waals surface area contributed by atoms with E-state index in [4.69, 9.17) is 4.74 Å². The number of nitro groups is 1. The van der Waals surface area contributed by atoms with Crippen LogP contribution in [0.2, 0.25) is 0 Å². The number of hydrogen-bond acceptors (Lipinski definition) is 5. The highest BCUT2D eigenvalue weighted by Crippen LogP contribution is 2.28. The van der Waals surface area contributed by atoms with Crippen molar-refractivity contribution in [2.45, 2.75) is 44.4 Å². The molecule has 0 heterocycles. The van der Waals surface area contributed by atoms with Crippen LogP contribution in [0.15, 0.2) is 78.9 Å². The highest BCUT2D eigenvalue weighted by Gasteiger charge is 2.26. The van der Waals surface area contributed by atoms with Crippen molar-refractivity contribution in [1.29, 1.82) is 0 Å². The lowest BCUT2D eigenvalue weighted by Crippen LogP contribution is -2.42. The molecule has 2 atom stereocenters. The van der Waals surface area contributed by atoms with Gasteiger partial charge in [0.1, 0.15) is 18.5 Å². The van der Waals surface area contributed by atoms with Gasteiger partial charge in [-0.1, -0.05) is 54.6 Å². The first-order chi connectivity index (χ1) is 16.1. The molecule has 1 N–H and O–H groups in total. The van der Waals surface area contributed by atoms with E-state index in [1.54, 1.807) is 12.1 Å². The molecule has 0 radical (unpaired) electrons. The number of benzene rings is 3. The maximum absolute atomic E-state index is 11.3. The lowest BCUT2D eigenvalue weighted by Gasteiger charge is -2.33. The van der Waals surface area contributed by atoms with E-state index in [0.717, 1.165) is 37.0 Å². The van der Waals surface area contributed by atoms with Crippen molar-refractivity contribution in [3.8, 4) is 5.75 Å². The zero-order chi connectivity index (χ0) is 23.0. The van der Waals surface area contributed by atoms with E-state index in [2.05, 4.69) is 17.0 Å². The number of nitro benzene ring substituents is 1. The minimum Gasteiger partial charge on any atom is -0.491 e. The third kappa shape index (κ3) is 6.40. The van der Waals surface area contributed by atoms with Crippen molar-refractivity contribution >= 4 is 5.69 Å². The van der Waals surface area contributed by atoms with Crippen LogP contribution in [0.4, 0.5) is 5.69 Å². The third-order valence-electron chi connectivity index (χ3n) is 6.22. The summed E-state index contributed by atoms with van der Waals surface area (Å²) in [7, 11) is 0. The molecule has 1 unspecified atom stereocenters. The second kappa shape index (κ2) is 11.1. The molecule has 6 heteroatoms. The summed E-state index contributed by atoms with van der Waals surface area (Å²) >= 11 is 0. The molecule has 1 aliphatic rings. The summed E-state index contributed by atoms with van der Waals surface area (Å²) in [4.78, 5) is 13.3. The molecule has 3 aromatic rings.